The summed E-state index contributed by atoms with van der Waals surface area (Å²) in [4.78, 5) is 4.35. The van der Waals surface area contributed by atoms with Gasteiger partial charge in [-0.2, -0.15) is 0 Å². The van der Waals surface area contributed by atoms with E-state index in [2.05, 4.69) is 68.3 Å². The van der Waals surface area contributed by atoms with Crippen LogP contribution in [0.1, 0.15) is 49.7 Å². The van der Waals surface area contributed by atoms with E-state index in [1.54, 1.807) is 0 Å². The first-order valence-electron chi connectivity index (χ1n) is 9.90. The summed E-state index contributed by atoms with van der Waals surface area (Å²) in [6.45, 7) is 0.981. The summed E-state index contributed by atoms with van der Waals surface area (Å²) in [6, 6.07) is 6.66. The van der Waals surface area contributed by atoms with Gasteiger partial charge < -0.3 is 15.2 Å². The summed E-state index contributed by atoms with van der Waals surface area (Å²) >= 11 is 0. The highest BCUT2D eigenvalue weighted by Crippen LogP contribution is 2.35. The molecule has 26 heavy (non-hydrogen) atoms. The maximum atomic E-state index is 8.96. The Bertz CT molecular complexity index is 719. The number of nitrogens with zero attached hydrogens (tertiary/aromatic N) is 2. The Morgan fingerprint density at radius 3 is 2.46 bits per heavy atom. The largest absolute Gasteiger partial charge is 0.378 e. The van der Waals surface area contributed by atoms with Gasteiger partial charge in [0.2, 0.25) is 0 Å². The molecule has 0 aliphatic heterocycles. The zero-order valence-electron chi connectivity index (χ0n) is 16.8. The molecule has 3 rings (SSSR count). The number of anilines is 1. The van der Waals surface area contributed by atoms with Crippen molar-refractivity contribution in [2.24, 2.45) is 5.92 Å². The molecule has 0 radical (unpaired) electrons. The summed E-state index contributed by atoms with van der Waals surface area (Å²) < 4.78 is 0. The second kappa shape index (κ2) is 8.22. The van der Waals surface area contributed by atoms with Crippen molar-refractivity contribution in [1.82, 2.24) is 4.90 Å². The van der Waals surface area contributed by atoms with Gasteiger partial charge in [0.15, 0.2) is 0 Å². The molecule has 0 spiro atoms. The molecule has 0 aromatic heterocycles. The third kappa shape index (κ3) is 4.27. The van der Waals surface area contributed by atoms with Gasteiger partial charge in [-0.15, -0.1) is 0 Å². The summed E-state index contributed by atoms with van der Waals surface area (Å²) in [5, 5.41) is 8.96. The standard InChI is InChI=1S/C23H33N3/c1-25(2)16-17-10-11-19(14-17)21-13-12-20(26(3)4)15-22(21)23(24)18-8-6-5-7-9-18/h10,12-15,18,24H,5-9,11,16H2,1-4H3. The third-order valence-electron chi connectivity index (χ3n) is 5.61. The highest BCUT2D eigenvalue weighted by Gasteiger charge is 2.23. The van der Waals surface area contributed by atoms with Crippen molar-refractivity contribution in [2.45, 2.75) is 38.5 Å². The van der Waals surface area contributed by atoms with E-state index in [-0.39, 0.29) is 0 Å². The van der Waals surface area contributed by atoms with Crippen LogP contribution < -0.4 is 4.90 Å². The predicted octanol–water partition coefficient (Wildman–Crippen LogP) is 4.98. The summed E-state index contributed by atoms with van der Waals surface area (Å²) in [5.41, 5.74) is 7.19. The average molecular weight is 352 g/mol. The minimum absolute atomic E-state index is 0.427. The zero-order valence-corrected chi connectivity index (χ0v) is 16.8. The van der Waals surface area contributed by atoms with Crippen LogP contribution in [-0.4, -0.2) is 45.3 Å². The fraction of sp³-hybridized carbons (Fsp3) is 0.522. The second-order valence-corrected chi connectivity index (χ2v) is 8.26. The van der Waals surface area contributed by atoms with Crippen LogP contribution in [0.2, 0.25) is 0 Å². The molecule has 1 aromatic rings. The Labute approximate surface area is 158 Å². The van der Waals surface area contributed by atoms with E-state index >= 15 is 0 Å². The number of likely N-dealkylation sites (N-methyl/N-ethyl adjacent to an activating group) is 1. The van der Waals surface area contributed by atoms with E-state index < -0.39 is 0 Å². The molecule has 0 heterocycles. The molecule has 1 saturated carbocycles. The number of nitrogens with one attached hydrogen (secondary N) is 1. The van der Waals surface area contributed by atoms with Crippen molar-refractivity contribution >= 4 is 17.0 Å². The SMILES string of the molecule is CN(C)CC1=CCC(c2ccc(N(C)C)cc2C(=N)C2CCCCC2)=C1. The molecule has 1 N–H and O–H groups in total. The molecule has 2 aliphatic carbocycles. The number of benzene rings is 1. The van der Waals surface area contributed by atoms with Crippen LogP contribution in [-0.2, 0) is 0 Å². The average Bonchev–Trinajstić information content (AvgIpc) is 3.08. The Morgan fingerprint density at radius 2 is 1.81 bits per heavy atom. The molecule has 0 bridgehead atoms. The van der Waals surface area contributed by atoms with E-state index in [0.29, 0.717) is 5.92 Å². The van der Waals surface area contributed by atoms with Crippen molar-refractivity contribution in [3.63, 3.8) is 0 Å². The molecule has 0 unspecified atom stereocenters. The summed E-state index contributed by atoms with van der Waals surface area (Å²) in [7, 11) is 8.38. The first kappa shape index (κ1) is 18.9. The highest BCUT2D eigenvalue weighted by atomic mass is 15.1. The normalized spacial score (nSPS) is 18.0. The first-order valence-corrected chi connectivity index (χ1v) is 9.90. The van der Waals surface area contributed by atoms with Crippen LogP contribution in [0.25, 0.3) is 5.57 Å². The maximum absolute atomic E-state index is 8.96. The number of hydrogen-bond donors (Lipinski definition) is 1. The van der Waals surface area contributed by atoms with Crippen LogP contribution in [0, 0.1) is 11.3 Å². The van der Waals surface area contributed by atoms with Crippen molar-refractivity contribution < 1.29 is 0 Å². The van der Waals surface area contributed by atoms with Crippen LogP contribution in [0.3, 0.4) is 0 Å². The molecular formula is C23H33N3. The fourth-order valence-electron chi connectivity index (χ4n) is 4.17. The van der Waals surface area contributed by atoms with Crippen molar-refractivity contribution in [3.8, 4) is 0 Å². The molecule has 140 valence electrons. The Hall–Kier alpha value is -1.87. The van der Waals surface area contributed by atoms with Crippen LogP contribution in [0.4, 0.5) is 5.69 Å². The number of rotatable bonds is 6. The van der Waals surface area contributed by atoms with Gasteiger partial charge in [-0.05, 0) is 62.2 Å². The van der Waals surface area contributed by atoms with Crippen molar-refractivity contribution in [3.05, 3.63) is 47.1 Å². The topological polar surface area (TPSA) is 30.3 Å². The van der Waals surface area contributed by atoms with Crippen molar-refractivity contribution in [2.75, 3.05) is 39.6 Å². The summed E-state index contributed by atoms with van der Waals surface area (Å²) in [6.07, 6.45) is 11.9. The van der Waals surface area contributed by atoms with E-state index in [1.807, 2.05) is 0 Å². The molecule has 0 atom stereocenters. The van der Waals surface area contributed by atoms with Crippen LogP contribution in [0.15, 0.2) is 35.9 Å². The molecule has 1 fully saturated rings. The van der Waals surface area contributed by atoms with Gasteiger partial charge in [-0.3, -0.25) is 0 Å². The smallest absolute Gasteiger partial charge is 0.0423 e. The Kier molecular flexibility index (Phi) is 5.98. The lowest BCUT2D eigenvalue weighted by atomic mass is 9.81. The Morgan fingerprint density at radius 1 is 1.08 bits per heavy atom. The second-order valence-electron chi connectivity index (χ2n) is 8.26. The van der Waals surface area contributed by atoms with E-state index in [0.717, 1.165) is 24.2 Å². The lowest BCUT2D eigenvalue weighted by Gasteiger charge is -2.25. The zero-order chi connectivity index (χ0) is 18.7. The van der Waals surface area contributed by atoms with E-state index in [1.165, 1.54) is 54.5 Å². The Balaban J connectivity index is 1.93. The molecule has 3 nitrogen and oxygen atoms in total. The monoisotopic (exact) mass is 351 g/mol. The third-order valence-corrected chi connectivity index (χ3v) is 5.61. The quantitative estimate of drug-likeness (QED) is 0.733. The molecule has 0 saturated heterocycles. The van der Waals surface area contributed by atoms with Gasteiger partial charge >= 0.3 is 0 Å². The first-order chi connectivity index (χ1) is 12.5. The molecule has 2 aliphatic rings. The molecule has 1 aromatic carbocycles. The van der Waals surface area contributed by atoms with Crippen LogP contribution >= 0.6 is 0 Å². The molecule has 0 amide bonds. The van der Waals surface area contributed by atoms with Gasteiger partial charge in [0.25, 0.3) is 0 Å². The maximum Gasteiger partial charge on any atom is 0.0423 e. The van der Waals surface area contributed by atoms with Crippen LogP contribution in [0.5, 0.6) is 0 Å². The number of allylic oxidation sites excluding steroid dienone is 2. The fourth-order valence-corrected chi connectivity index (χ4v) is 4.17. The lowest BCUT2D eigenvalue weighted by molar-refractivity contribution is 0.438. The molecular weight excluding hydrogens is 318 g/mol. The van der Waals surface area contributed by atoms with Gasteiger partial charge in [0.05, 0.1) is 0 Å². The van der Waals surface area contributed by atoms with Gasteiger partial charge in [0.1, 0.15) is 0 Å². The van der Waals surface area contributed by atoms with Crippen molar-refractivity contribution in [1.29, 1.82) is 5.41 Å². The van der Waals surface area contributed by atoms with Gasteiger partial charge in [-0.25, -0.2) is 0 Å². The lowest BCUT2D eigenvalue weighted by Crippen LogP contribution is -2.20. The van der Waals surface area contributed by atoms with Gasteiger partial charge in [-0.1, -0.05) is 37.5 Å². The predicted molar refractivity (Wildman–Crippen MR) is 113 cm³/mol. The number of hydrogen-bond acceptors (Lipinski definition) is 3. The van der Waals surface area contributed by atoms with Gasteiger partial charge in [0, 0.05) is 43.5 Å². The molecule has 3 heteroatoms. The van der Waals surface area contributed by atoms with E-state index in [4.69, 9.17) is 5.41 Å². The highest BCUT2D eigenvalue weighted by molar-refractivity contribution is 6.05. The summed E-state index contributed by atoms with van der Waals surface area (Å²) in [5.74, 6) is 0.427. The minimum Gasteiger partial charge on any atom is -0.378 e. The minimum atomic E-state index is 0.427. The van der Waals surface area contributed by atoms with E-state index in [9.17, 15) is 0 Å².